The Morgan fingerprint density at radius 2 is 1.91 bits per heavy atom. The molecule has 0 fully saturated rings. The van der Waals surface area contributed by atoms with Crippen molar-refractivity contribution in [3.05, 3.63) is 40.3 Å². The quantitative estimate of drug-likeness (QED) is 0.422. The van der Waals surface area contributed by atoms with Gasteiger partial charge in [-0.25, -0.2) is 8.42 Å². The zero-order chi connectivity index (χ0) is 24.6. The molecular formula is C22H27N3O7S. The van der Waals surface area contributed by atoms with Gasteiger partial charge in [-0.3, -0.25) is 14.4 Å². The van der Waals surface area contributed by atoms with E-state index in [2.05, 4.69) is 9.97 Å². The molecule has 2 aromatic heterocycles. The van der Waals surface area contributed by atoms with Gasteiger partial charge in [-0.15, -0.1) is 0 Å². The van der Waals surface area contributed by atoms with E-state index in [9.17, 15) is 22.8 Å². The van der Waals surface area contributed by atoms with Crippen LogP contribution in [0, 0.1) is 0 Å². The number of carboxylic acid groups (broad SMARTS) is 1. The van der Waals surface area contributed by atoms with Gasteiger partial charge >= 0.3 is 11.9 Å². The number of nitrogens with zero attached hydrogens (tertiary/aromatic N) is 1. The lowest BCUT2D eigenvalue weighted by Crippen LogP contribution is -2.36. The Balaban J connectivity index is 2.02. The number of aryl methyl sites for hydroxylation is 1. The maximum Gasteiger partial charge on any atom is 0.321 e. The Morgan fingerprint density at radius 3 is 2.55 bits per heavy atom. The summed E-state index contributed by atoms with van der Waals surface area (Å²) in [6.45, 7) is 4.63. The molecule has 0 aliphatic rings. The number of benzene rings is 1. The van der Waals surface area contributed by atoms with Crippen LogP contribution in [0.15, 0.2) is 34.1 Å². The van der Waals surface area contributed by atoms with Gasteiger partial charge in [0.1, 0.15) is 17.7 Å². The van der Waals surface area contributed by atoms with E-state index in [0.717, 1.165) is 9.87 Å². The molecule has 0 radical (unpaired) electrons. The number of fused-ring (bicyclic) bond motifs is 3. The lowest BCUT2D eigenvalue weighted by molar-refractivity contribution is -0.154. The molecule has 2 heterocycles. The lowest BCUT2D eigenvalue weighted by atomic mass is 10.0. The summed E-state index contributed by atoms with van der Waals surface area (Å²) in [7, 11) is -2.74. The molecule has 0 bridgehead atoms. The average Bonchev–Trinajstić information content (AvgIpc) is 3.11. The van der Waals surface area contributed by atoms with Crippen molar-refractivity contribution >= 4 is 43.8 Å². The van der Waals surface area contributed by atoms with Crippen LogP contribution in [0.4, 0.5) is 0 Å². The highest BCUT2D eigenvalue weighted by Crippen LogP contribution is 2.28. The van der Waals surface area contributed by atoms with Gasteiger partial charge in [0.2, 0.25) is 10.0 Å². The van der Waals surface area contributed by atoms with E-state index in [-0.39, 0.29) is 22.4 Å². The van der Waals surface area contributed by atoms with Crippen LogP contribution in [0.3, 0.4) is 0 Å². The fourth-order valence-corrected chi connectivity index (χ4v) is 4.73. The number of aromatic amines is 2. The van der Waals surface area contributed by atoms with Gasteiger partial charge in [0.05, 0.1) is 4.90 Å². The van der Waals surface area contributed by atoms with Gasteiger partial charge in [-0.05, 0) is 57.4 Å². The Labute approximate surface area is 190 Å². The van der Waals surface area contributed by atoms with E-state index in [1.54, 1.807) is 27.0 Å². The number of aromatic nitrogens is 2. The third kappa shape index (κ3) is 5.42. The van der Waals surface area contributed by atoms with Gasteiger partial charge in [-0.2, -0.15) is 4.31 Å². The van der Waals surface area contributed by atoms with Gasteiger partial charge in [-0.1, -0.05) is 0 Å². The number of hydrogen-bond acceptors (Lipinski definition) is 6. The molecule has 33 heavy (non-hydrogen) atoms. The first-order chi connectivity index (χ1) is 15.3. The molecule has 3 N–H and O–H groups in total. The van der Waals surface area contributed by atoms with Crippen molar-refractivity contribution < 1.29 is 27.9 Å². The van der Waals surface area contributed by atoms with E-state index >= 15 is 0 Å². The normalized spacial score (nSPS) is 12.5. The minimum absolute atomic E-state index is 0.0249. The van der Waals surface area contributed by atoms with Crippen molar-refractivity contribution in [2.45, 2.75) is 50.5 Å². The van der Waals surface area contributed by atoms with Crippen LogP contribution in [0.2, 0.25) is 0 Å². The first-order valence-corrected chi connectivity index (χ1v) is 11.8. The van der Waals surface area contributed by atoms with E-state index in [0.29, 0.717) is 29.1 Å². The van der Waals surface area contributed by atoms with Crippen LogP contribution < -0.4 is 5.56 Å². The summed E-state index contributed by atoms with van der Waals surface area (Å²) in [5.74, 6) is -1.59. The highest BCUT2D eigenvalue weighted by Gasteiger charge is 2.26. The number of likely N-dealkylation sites (N-methyl/N-ethyl adjacent to an activating group) is 1. The predicted octanol–water partition coefficient (Wildman–Crippen LogP) is 2.38. The molecule has 1 aromatic carbocycles. The third-order valence-corrected chi connectivity index (χ3v) is 6.81. The molecule has 0 amide bonds. The van der Waals surface area contributed by atoms with E-state index in [1.165, 1.54) is 25.2 Å². The number of H-pyrrole nitrogens is 2. The molecule has 0 aliphatic carbocycles. The fraction of sp³-hybridized carbons (Fsp3) is 0.409. The molecule has 0 saturated heterocycles. The molecule has 0 spiro atoms. The second-order valence-corrected chi connectivity index (χ2v) is 10.9. The summed E-state index contributed by atoms with van der Waals surface area (Å²) >= 11 is 0. The summed E-state index contributed by atoms with van der Waals surface area (Å²) in [4.78, 5) is 41.0. The standard InChI is InChI=1S/C22H27N3O7S/c1-22(2,3)32-18(28)12-25(4)33(30,31)14-8-9-16-15(10-14)19-13(6-5-7-17(26)27)11-23-20(19)21(29)24-16/h8-11,23H,5-7,12H2,1-4H3,(H,24,29)(H,26,27). The van der Waals surface area contributed by atoms with Crippen molar-refractivity contribution in [3.63, 3.8) is 0 Å². The van der Waals surface area contributed by atoms with E-state index < -0.39 is 34.1 Å². The molecular weight excluding hydrogens is 450 g/mol. The molecule has 0 unspecified atom stereocenters. The van der Waals surface area contributed by atoms with E-state index in [1.807, 2.05) is 0 Å². The first-order valence-electron chi connectivity index (χ1n) is 10.4. The fourth-order valence-electron chi connectivity index (χ4n) is 3.58. The van der Waals surface area contributed by atoms with Crippen molar-refractivity contribution in [2.75, 3.05) is 13.6 Å². The topological polar surface area (TPSA) is 150 Å². The number of aliphatic carboxylic acids is 1. The number of pyridine rings is 1. The molecule has 178 valence electrons. The number of ether oxygens (including phenoxy) is 1. The molecule has 11 heteroatoms. The smallest absolute Gasteiger partial charge is 0.321 e. The maximum absolute atomic E-state index is 13.1. The minimum Gasteiger partial charge on any atom is -0.481 e. The summed E-state index contributed by atoms with van der Waals surface area (Å²) in [5, 5.41) is 9.96. The molecule has 0 saturated carbocycles. The van der Waals surface area contributed by atoms with Crippen molar-refractivity contribution in [1.82, 2.24) is 14.3 Å². The summed E-state index contributed by atoms with van der Waals surface area (Å²) < 4.78 is 32.4. The predicted molar refractivity (Wildman–Crippen MR) is 123 cm³/mol. The number of hydrogen-bond donors (Lipinski definition) is 3. The van der Waals surface area contributed by atoms with Crippen LogP contribution in [-0.2, 0) is 30.8 Å². The monoisotopic (exact) mass is 477 g/mol. The molecule has 3 aromatic rings. The number of carbonyl (C=O) groups excluding carboxylic acids is 1. The Hall–Kier alpha value is -3.18. The molecule has 0 aliphatic heterocycles. The third-order valence-electron chi connectivity index (χ3n) is 5.01. The van der Waals surface area contributed by atoms with E-state index in [4.69, 9.17) is 9.84 Å². The highest BCUT2D eigenvalue weighted by molar-refractivity contribution is 7.89. The second kappa shape index (κ2) is 8.99. The highest BCUT2D eigenvalue weighted by atomic mass is 32.2. The van der Waals surface area contributed by atoms with Crippen molar-refractivity contribution in [2.24, 2.45) is 0 Å². The van der Waals surface area contributed by atoms with Crippen LogP contribution >= 0.6 is 0 Å². The second-order valence-electron chi connectivity index (χ2n) is 8.82. The molecule has 3 rings (SSSR count). The van der Waals surface area contributed by atoms with Crippen LogP contribution in [0.5, 0.6) is 0 Å². The Bertz CT molecular complexity index is 1380. The molecule has 10 nitrogen and oxygen atoms in total. The van der Waals surface area contributed by atoms with Crippen LogP contribution in [-0.4, -0.2) is 58.9 Å². The number of carboxylic acids is 1. The van der Waals surface area contributed by atoms with Crippen LogP contribution in [0.1, 0.15) is 39.2 Å². The number of rotatable bonds is 8. The SMILES string of the molecule is CN(CC(=O)OC(C)(C)C)S(=O)(=O)c1ccc2[nH]c(=O)c3[nH]cc(CCCC(=O)O)c3c2c1. The number of esters is 1. The van der Waals surface area contributed by atoms with Crippen LogP contribution in [0.25, 0.3) is 21.8 Å². The first kappa shape index (κ1) is 24.5. The summed E-state index contributed by atoms with van der Waals surface area (Å²) in [6.07, 6.45) is 2.38. The van der Waals surface area contributed by atoms with Gasteiger partial charge < -0.3 is 19.8 Å². The van der Waals surface area contributed by atoms with Gasteiger partial charge in [0, 0.05) is 36.0 Å². The largest absolute Gasteiger partial charge is 0.481 e. The number of sulfonamides is 1. The Kier molecular flexibility index (Phi) is 6.66. The zero-order valence-electron chi connectivity index (χ0n) is 18.9. The Morgan fingerprint density at radius 1 is 1.21 bits per heavy atom. The van der Waals surface area contributed by atoms with Gasteiger partial charge in [0.15, 0.2) is 0 Å². The number of nitrogens with one attached hydrogen (secondary N) is 2. The molecule has 0 atom stereocenters. The summed E-state index contributed by atoms with van der Waals surface area (Å²) in [5.41, 5.74) is 0.344. The van der Waals surface area contributed by atoms with Crippen molar-refractivity contribution in [3.8, 4) is 0 Å². The summed E-state index contributed by atoms with van der Waals surface area (Å²) in [6, 6.07) is 4.31. The number of carbonyl (C=O) groups is 2. The maximum atomic E-state index is 13.1. The lowest BCUT2D eigenvalue weighted by Gasteiger charge is -2.22. The van der Waals surface area contributed by atoms with Gasteiger partial charge in [0.25, 0.3) is 5.56 Å². The average molecular weight is 478 g/mol. The van der Waals surface area contributed by atoms with Crippen molar-refractivity contribution in [1.29, 1.82) is 0 Å². The minimum atomic E-state index is -4.03. The zero-order valence-corrected chi connectivity index (χ0v) is 19.7.